The van der Waals surface area contributed by atoms with Gasteiger partial charge < -0.3 is 9.73 Å². The second-order valence-corrected chi connectivity index (χ2v) is 4.52. The largest absolute Gasteiger partial charge is 0.468 e. The Morgan fingerprint density at radius 2 is 2.05 bits per heavy atom. The Hall–Kier alpha value is -1.01. The molecule has 1 rings (SSSR count). The zero-order valence-corrected chi connectivity index (χ0v) is 11.4. The van der Waals surface area contributed by atoms with E-state index < -0.39 is 12.7 Å². The summed E-state index contributed by atoms with van der Waals surface area (Å²) in [5.41, 5.74) is 0.964. The third kappa shape index (κ3) is 6.63. The van der Waals surface area contributed by atoms with Crippen LogP contribution in [0.25, 0.3) is 0 Å². The van der Waals surface area contributed by atoms with Crippen molar-refractivity contribution >= 4 is 0 Å². The van der Waals surface area contributed by atoms with Crippen molar-refractivity contribution in [3.8, 4) is 0 Å². The minimum Gasteiger partial charge on any atom is -0.468 e. The molecule has 1 N–H and O–H groups in total. The summed E-state index contributed by atoms with van der Waals surface area (Å²) in [6.45, 7) is 4.99. The number of hydrogen-bond donors (Lipinski definition) is 1. The van der Waals surface area contributed by atoms with E-state index in [9.17, 15) is 13.2 Å². The Bertz CT molecular complexity index is 363. The molecule has 0 saturated heterocycles. The minimum atomic E-state index is -4.17. The Balaban J connectivity index is 2.47. The van der Waals surface area contributed by atoms with E-state index in [1.54, 1.807) is 13.2 Å². The maximum Gasteiger partial charge on any atom is 0.401 e. The molecule has 1 aromatic rings. The molecule has 0 aliphatic heterocycles. The highest BCUT2D eigenvalue weighted by Crippen LogP contribution is 2.18. The SMILES string of the molecule is CCCNCc1coc(CN(CC)CC(F)(F)F)c1. The summed E-state index contributed by atoms with van der Waals surface area (Å²) in [5, 5.41) is 3.22. The van der Waals surface area contributed by atoms with Crippen LogP contribution in [0.3, 0.4) is 0 Å². The number of halogens is 3. The van der Waals surface area contributed by atoms with Gasteiger partial charge in [0.15, 0.2) is 0 Å². The van der Waals surface area contributed by atoms with Crippen molar-refractivity contribution < 1.29 is 17.6 Å². The molecule has 1 heterocycles. The van der Waals surface area contributed by atoms with Crippen molar-refractivity contribution in [1.29, 1.82) is 0 Å². The molecule has 0 unspecified atom stereocenters. The molecule has 0 radical (unpaired) electrons. The minimum absolute atomic E-state index is 0.184. The molecule has 6 heteroatoms. The number of nitrogens with one attached hydrogen (secondary N) is 1. The quantitative estimate of drug-likeness (QED) is 0.740. The van der Waals surface area contributed by atoms with Crippen LogP contribution in [0.4, 0.5) is 13.2 Å². The van der Waals surface area contributed by atoms with Gasteiger partial charge in [-0.15, -0.1) is 0 Å². The predicted octanol–water partition coefficient (Wildman–Crippen LogP) is 3.16. The van der Waals surface area contributed by atoms with Gasteiger partial charge in [-0.05, 0) is 25.6 Å². The zero-order chi connectivity index (χ0) is 14.3. The lowest BCUT2D eigenvalue weighted by atomic mass is 10.3. The molecule has 1 aromatic heterocycles. The normalized spacial score (nSPS) is 12.3. The van der Waals surface area contributed by atoms with E-state index in [1.165, 1.54) is 4.90 Å². The highest BCUT2D eigenvalue weighted by atomic mass is 19.4. The number of nitrogens with zero attached hydrogens (tertiary/aromatic N) is 1. The summed E-state index contributed by atoms with van der Waals surface area (Å²) in [6, 6.07) is 1.81. The molecule has 110 valence electrons. The van der Waals surface area contributed by atoms with Crippen LogP contribution in [0.5, 0.6) is 0 Å². The van der Waals surface area contributed by atoms with Crippen molar-refractivity contribution in [2.75, 3.05) is 19.6 Å². The van der Waals surface area contributed by atoms with Crippen LogP contribution in [-0.2, 0) is 13.1 Å². The third-order valence-corrected chi connectivity index (χ3v) is 2.69. The van der Waals surface area contributed by atoms with Crippen molar-refractivity contribution in [3.63, 3.8) is 0 Å². The molecule has 0 atom stereocenters. The summed E-state index contributed by atoms with van der Waals surface area (Å²) in [4.78, 5) is 1.31. The molecule has 0 aliphatic carbocycles. The van der Waals surface area contributed by atoms with Crippen LogP contribution in [0.2, 0.25) is 0 Å². The van der Waals surface area contributed by atoms with E-state index in [4.69, 9.17) is 4.42 Å². The lowest BCUT2D eigenvalue weighted by molar-refractivity contribution is -0.147. The van der Waals surface area contributed by atoms with Crippen molar-refractivity contribution in [2.24, 2.45) is 0 Å². The first kappa shape index (κ1) is 16.0. The Morgan fingerprint density at radius 1 is 1.32 bits per heavy atom. The second kappa shape index (κ2) is 7.55. The molecule has 3 nitrogen and oxygen atoms in total. The average Bonchev–Trinajstić information content (AvgIpc) is 2.74. The van der Waals surface area contributed by atoms with Crippen molar-refractivity contribution in [1.82, 2.24) is 10.2 Å². The van der Waals surface area contributed by atoms with Crippen molar-refractivity contribution in [3.05, 3.63) is 23.7 Å². The maximum atomic E-state index is 12.3. The summed E-state index contributed by atoms with van der Waals surface area (Å²) < 4.78 is 42.3. The molecule has 0 bridgehead atoms. The van der Waals surface area contributed by atoms with E-state index in [0.29, 0.717) is 18.8 Å². The van der Waals surface area contributed by atoms with Gasteiger partial charge in [0.05, 0.1) is 19.4 Å². The molecule has 0 spiro atoms. The summed E-state index contributed by atoms with van der Waals surface area (Å²) >= 11 is 0. The number of alkyl halides is 3. The molecule has 19 heavy (non-hydrogen) atoms. The Kier molecular flexibility index (Phi) is 6.37. The lowest BCUT2D eigenvalue weighted by Crippen LogP contribution is -2.33. The van der Waals surface area contributed by atoms with Crippen molar-refractivity contribution in [2.45, 2.75) is 39.5 Å². The first-order valence-corrected chi connectivity index (χ1v) is 6.50. The third-order valence-electron chi connectivity index (χ3n) is 2.69. The predicted molar refractivity (Wildman–Crippen MR) is 67.7 cm³/mol. The van der Waals surface area contributed by atoms with E-state index >= 15 is 0 Å². The molecule has 0 amide bonds. The molecular weight excluding hydrogens is 257 g/mol. The first-order valence-electron chi connectivity index (χ1n) is 6.50. The van der Waals surface area contributed by atoms with Crippen LogP contribution in [0.1, 0.15) is 31.6 Å². The van der Waals surface area contributed by atoms with E-state index in [0.717, 1.165) is 18.5 Å². The van der Waals surface area contributed by atoms with Crippen LogP contribution >= 0.6 is 0 Å². The highest BCUT2D eigenvalue weighted by Gasteiger charge is 2.30. The molecular formula is C13H21F3N2O. The van der Waals surface area contributed by atoms with Gasteiger partial charge in [-0.25, -0.2) is 0 Å². The molecule has 0 fully saturated rings. The fourth-order valence-corrected chi connectivity index (χ4v) is 1.76. The smallest absolute Gasteiger partial charge is 0.401 e. The lowest BCUT2D eigenvalue weighted by Gasteiger charge is -2.20. The Labute approximate surface area is 111 Å². The highest BCUT2D eigenvalue weighted by molar-refractivity contribution is 5.12. The van der Waals surface area contributed by atoms with Crippen LogP contribution in [0.15, 0.2) is 16.7 Å². The van der Waals surface area contributed by atoms with E-state index in [1.807, 2.05) is 6.07 Å². The van der Waals surface area contributed by atoms with E-state index in [-0.39, 0.29) is 6.54 Å². The summed E-state index contributed by atoms with van der Waals surface area (Å²) in [6.07, 6.45) is -1.53. The van der Waals surface area contributed by atoms with Crippen LogP contribution < -0.4 is 5.32 Å². The van der Waals surface area contributed by atoms with Gasteiger partial charge in [0, 0.05) is 12.1 Å². The molecule has 0 aliphatic rings. The standard InChI is InChI=1S/C13H21F3N2O/c1-3-5-17-7-11-6-12(19-9-11)8-18(4-2)10-13(14,15)16/h6,9,17H,3-5,7-8,10H2,1-2H3. The summed E-state index contributed by atoms with van der Waals surface area (Å²) in [7, 11) is 0. The van der Waals surface area contributed by atoms with Crippen LogP contribution in [0, 0.1) is 0 Å². The first-order chi connectivity index (χ1) is 8.94. The van der Waals surface area contributed by atoms with E-state index in [2.05, 4.69) is 12.2 Å². The van der Waals surface area contributed by atoms with Gasteiger partial charge in [0.1, 0.15) is 5.76 Å². The molecule has 0 saturated carbocycles. The molecule has 0 aromatic carbocycles. The van der Waals surface area contributed by atoms with Gasteiger partial charge in [0.25, 0.3) is 0 Å². The van der Waals surface area contributed by atoms with Gasteiger partial charge >= 0.3 is 6.18 Å². The Morgan fingerprint density at radius 3 is 2.63 bits per heavy atom. The fourth-order valence-electron chi connectivity index (χ4n) is 1.76. The number of hydrogen-bond acceptors (Lipinski definition) is 3. The zero-order valence-electron chi connectivity index (χ0n) is 11.4. The monoisotopic (exact) mass is 278 g/mol. The van der Waals surface area contributed by atoms with Gasteiger partial charge in [-0.1, -0.05) is 13.8 Å². The topological polar surface area (TPSA) is 28.4 Å². The van der Waals surface area contributed by atoms with Gasteiger partial charge in [0.2, 0.25) is 0 Å². The average molecular weight is 278 g/mol. The maximum absolute atomic E-state index is 12.3. The summed E-state index contributed by atoms with van der Waals surface area (Å²) in [5.74, 6) is 0.569. The fraction of sp³-hybridized carbons (Fsp3) is 0.692. The number of rotatable bonds is 8. The second-order valence-electron chi connectivity index (χ2n) is 4.52. The van der Waals surface area contributed by atoms with Crippen LogP contribution in [-0.4, -0.2) is 30.7 Å². The van der Waals surface area contributed by atoms with Gasteiger partial charge in [-0.2, -0.15) is 13.2 Å². The number of furan rings is 1. The van der Waals surface area contributed by atoms with Gasteiger partial charge in [-0.3, -0.25) is 4.90 Å².